The van der Waals surface area contributed by atoms with Crippen LogP contribution in [0.5, 0.6) is 0 Å². The number of fused-ring (bicyclic) bond motifs is 1. The van der Waals surface area contributed by atoms with E-state index in [0.29, 0.717) is 6.61 Å². The monoisotopic (exact) mass is 302 g/mol. The van der Waals surface area contributed by atoms with Gasteiger partial charge in [0.1, 0.15) is 6.61 Å². The van der Waals surface area contributed by atoms with Gasteiger partial charge in [-0.15, -0.1) is 11.3 Å². The normalized spacial score (nSPS) is 13.0. The van der Waals surface area contributed by atoms with Crippen LogP contribution in [-0.4, -0.2) is 5.97 Å². The molecule has 4 heteroatoms. The maximum absolute atomic E-state index is 12.1. The summed E-state index contributed by atoms with van der Waals surface area (Å²) in [4.78, 5) is 13.4. The van der Waals surface area contributed by atoms with E-state index in [1.165, 1.54) is 10.4 Å². The van der Waals surface area contributed by atoms with Crippen LogP contribution < -0.4 is 0 Å². The second-order valence-electron chi connectivity index (χ2n) is 4.57. The van der Waals surface area contributed by atoms with Crippen LogP contribution in [0, 0.1) is 0 Å². The minimum atomic E-state index is -0.210. The first-order valence-electron chi connectivity index (χ1n) is 6.33. The van der Waals surface area contributed by atoms with E-state index in [1.54, 1.807) is 17.4 Å². The first kappa shape index (κ1) is 13.5. The largest absolute Gasteiger partial charge is 0.457 e. The van der Waals surface area contributed by atoms with E-state index in [0.717, 1.165) is 28.2 Å². The van der Waals surface area contributed by atoms with Crippen LogP contribution in [0.25, 0.3) is 6.08 Å². The van der Waals surface area contributed by atoms with Crippen molar-refractivity contribution in [1.29, 1.82) is 0 Å². The van der Waals surface area contributed by atoms with E-state index in [1.807, 2.05) is 41.4 Å². The van der Waals surface area contributed by atoms with Gasteiger partial charge in [0, 0.05) is 21.8 Å². The summed E-state index contributed by atoms with van der Waals surface area (Å²) in [6.45, 7) is 4.03. The van der Waals surface area contributed by atoms with Gasteiger partial charge in [-0.1, -0.05) is 36.9 Å². The van der Waals surface area contributed by atoms with Gasteiger partial charge in [-0.25, -0.2) is 4.79 Å². The third kappa shape index (κ3) is 2.67. The van der Waals surface area contributed by atoms with Gasteiger partial charge in [0.05, 0.1) is 5.56 Å². The Kier molecular flexibility index (Phi) is 3.94. The number of esters is 1. The van der Waals surface area contributed by atoms with E-state index in [2.05, 4.69) is 6.58 Å². The van der Waals surface area contributed by atoms with Crippen molar-refractivity contribution in [1.82, 2.24) is 0 Å². The van der Waals surface area contributed by atoms with Gasteiger partial charge in [0.15, 0.2) is 0 Å². The number of carbonyl (C=O) groups is 1. The summed E-state index contributed by atoms with van der Waals surface area (Å²) in [6, 6.07) is 7.85. The smallest absolute Gasteiger partial charge is 0.339 e. The molecule has 20 heavy (non-hydrogen) atoms. The summed E-state index contributed by atoms with van der Waals surface area (Å²) in [5, 5.41) is 1.92. The van der Waals surface area contributed by atoms with Crippen LogP contribution >= 0.6 is 23.1 Å². The lowest BCUT2D eigenvalue weighted by Crippen LogP contribution is -2.06. The predicted octanol–water partition coefficient (Wildman–Crippen LogP) is 4.49. The Hall–Kier alpha value is -1.52. The molecular formula is C16H14O2S2. The summed E-state index contributed by atoms with van der Waals surface area (Å²) in [5.74, 6) is 1.74. The van der Waals surface area contributed by atoms with Gasteiger partial charge in [-0.2, -0.15) is 11.8 Å². The summed E-state index contributed by atoms with van der Waals surface area (Å²) in [5.41, 5.74) is 3.97. The highest BCUT2D eigenvalue weighted by molar-refractivity contribution is 7.98. The van der Waals surface area contributed by atoms with Crippen molar-refractivity contribution in [2.75, 3.05) is 0 Å². The minimum absolute atomic E-state index is 0.210. The molecule has 1 aromatic heterocycles. The third-order valence-electron chi connectivity index (χ3n) is 3.27. The van der Waals surface area contributed by atoms with Crippen LogP contribution in [0.1, 0.15) is 31.9 Å². The highest BCUT2D eigenvalue weighted by atomic mass is 32.2. The van der Waals surface area contributed by atoms with Crippen molar-refractivity contribution in [3.63, 3.8) is 0 Å². The lowest BCUT2D eigenvalue weighted by atomic mass is 10.1. The van der Waals surface area contributed by atoms with Gasteiger partial charge >= 0.3 is 5.97 Å². The lowest BCUT2D eigenvalue weighted by Gasteiger charge is -2.05. The van der Waals surface area contributed by atoms with Crippen LogP contribution in [0.4, 0.5) is 0 Å². The molecular weight excluding hydrogens is 288 g/mol. The highest BCUT2D eigenvalue weighted by Gasteiger charge is 2.22. The summed E-state index contributed by atoms with van der Waals surface area (Å²) < 4.78 is 5.40. The molecule has 0 aliphatic carbocycles. The molecule has 0 fully saturated rings. The molecule has 1 aromatic carbocycles. The number of hydrogen-bond donors (Lipinski definition) is 0. The number of thioether (sulfide) groups is 1. The van der Waals surface area contributed by atoms with Crippen LogP contribution in [0.3, 0.4) is 0 Å². The van der Waals surface area contributed by atoms with Crippen LogP contribution in [-0.2, 0) is 22.8 Å². The Morgan fingerprint density at radius 3 is 2.85 bits per heavy atom. The molecule has 0 unspecified atom stereocenters. The van der Waals surface area contributed by atoms with Crippen LogP contribution in [0.2, 0.25) is 0 Å². The summed E-state index contributed by atoms with van der Waals surface area (Å²) in [6.07, 6.45) is 1.79. The fourth-order valence-corrected chi connectivity index (χ4v) is 4.53. The minimum Gasteiger partial charge on any atom is -0.457 e. The standard InChI is InChI=1S/C16H14O2S2/c1-2-11-3-5-12(6-4-11)7-18-16(17)14-9-20-15-10-19-8-13(14)15/h2-6,9H,1,7-8,10H2. The van der Waals surface area contributed by atoms with Crippen molar-refractivity contribution in [3.05, 3.63) is 63.4 Å². The number of thiophene rings is 1. The zero-order valence-corrected chi connectivity index (χ0v) is 12.6. The van der Waals surface area contributed by atoms with Crippen molar-refractivity contribution in [2.45, 2.75) is 18.1 Å². The van der Waals surface area contributed by atoms with Gasteiger partial charge in [0.25, 0.3) is 0 Å². The molecule has 2 heterocycles. The maximum atomic E-state index is 12.1. The van der Waals surface area contributed by atoms with Gasteiger partial charge in [-0.05, 0) is 16.7 Å². The van der Waals surface area contributed by atoms with E-state index in [9.17, 15) is 4.79 Å². The fraction of sp³-hybridized carbons (Fsp3) is 0.188. The summed E-state index contributed by atoms with van der Waals surface area (Å²) >= 11 is 3.51. The van der Waals surface area contributed by atoms with E-state index in [-0.39, 0.29) is 5.97 Å². The highest BCUT2D eigenvalue weighted by Crippen LogP contribution is 2.37. The molecule has 1 aliphatic heterocycles. The van der Waals surface area contributed by atoms with Gasteiger partial charge in [-0.3, -0.25) is 0 Å². The van der Waals surface area contributed by atoms with Crippen LogP contribution in [0.15, 0.2) is 36.2 Å². The Balaban J connectivity index is 1.65. The Labute approximate surface area is 126 Å². The molecule has 0 atom stereocenters. The third-order valence-corrected chi connectivity index (χ3v) is 5.46. The quantitative estimate of drug-likeness (QED) is 0.778. The number of carbonyl (C=O) groups excluding carboxylic acids is 1. The fourth-order valence-electron chi connectivity index (χ4n) is 2.10. The Bertz CT molecular complexity index is 641. The average molecular weight is 302 g/mol. The number of hydrogen-bond acceptors (Lipinski definition) is 4. The molecule has 2 aromatic rings. The molecule has 0 radical (unpaired) electrons. The lowest BCUT2D eigenvalue weighted by molar-refractivity contribution is 0.0472. The average Bonchev–Trinajstić information content (AvgIpc) is 3.08. The molecule has 0 spiro atoms. The molecule has 0 bridgehead atoms. The Morgan fingerprint density at radius 2 is 2.10 bits per heavy atom. The van der Waals surface area contributed by atoms with Crippen molar-refractivity contribution < 1.29 is 9.53 Å². The molecule has 0 N–H and O–H groups in total. The second kappa shape index (κ2) is 5.85. The van der Waals surface area contributed by atoms with E-state index in [4.69, 9.17) is 4.74 Å². The molecule has 0 saturated carbocycles. The predicted molar refractivity (Wildman–Crippen MR) is 85.0 cm³/mol. The van der Waals surface area contributed by atoms with Gasteiger partial charge < -0.3 is 4.74 Å². The molecule has 102 valence electrons. The number of rotatable bonds is 4. The second-order valence-corrected chi connectivity index (χ2v) is 6.52. The van der Waals surface area contributed by atoms with Gasteiger partial charge in [0.2, 0.25) is 0 Å². The molecule has 0 saturated heterocycles. The van der Waals surface area contributed by atoms with E-state index >= 15 is 0 Å². The molecule has 2 nitrogen and oxygen atoms in total. The zero-order chi connectivity index (χ0) is 13.9. The molecule has 1 aliphatic rings. The first-order valence-corrected chi connectivity index (χ1v) is 8.37. The molecule has 3 rings (SSSR count). The maximum Gasteiger partial charge on any atom is 0.339 e. The topological polar surface area (TPSA) is 26.3 Å². The summed E-state index contributed by atoms with van der Waals surface area (Å²) in [7, 11) is 0. The van der Waals surface area contributed by atoms with Crippen molar-refractivity contribution in [2.24, 2.45) is 0 Å². The number of ether oxygens (including phenoxy) is 1. The molecule has 0 amide bonds. The SMILES string of the molecule is C=Cc1ccc(COC(=O)c2csc3c2CSC3)cc1. The first-order chi connectivity index (χ1) is 9.78. The van der Waals surface area contributed by atoms with Crippen molar-refractivity contribution >= 4 is 35.1 Å². The van der Waals surface area contributed by atoms with Crippen molar-refractivity contribution in [3.8, 4) is 0 Å². The Morgan fingerprint density at radius 1 is 1.30 bits per heavy atom. The van der Waals surface area contributed by atoms with E-state index < -0.39 is 0 Å². The zero-order valence-electron chi connectivity index (χ0n) is 10.9. The number of benzene rings is 1.